The summed E-state index contributed by atoms with van der Waals surface area (Å²) in [6.07, 6.45) is 2.65. The monoisotopic (exact) mass is 247 g/mol. The molecule has 1 fully saturated rings. The van der Waals surface area contributed by atoms with E-state index in [9.17, 15) is 4.79 Å². The van der Waals surface area contributed by atoms with Gasteiger partial charge >= 0.3 is 5.97 Å². The normalized spacial score (nSPS) is 20.7. The highest BCUT2D eigenvalue weighted by Crippen LogP contribution is 2.19. The highest BCUT2D eigenvalue weighted by atomic mass is 16.5. The molecule has 0 bridgehead atoms. The first-order chi connectivity index (χ1) is 8.63. The van der Waals surface area contributed by atoms with Crippen molar-refractivity contribution in [2.45, 2.75) is 33.2 Å². The fraction of sp³-hybridized carbons (Fsp3) is 0.533. The van der Waals surface area contributed by atoms with Crippen LogP contribution in [0, 0.1) is 5.92 Å². The average Bonchev–Trinajstić information content (AvgIpc) is 2.31. The molecular formula is C15H21NO2. The highest BCUT2D eigenvalue weighted by Gasteiger charge is 2.16. The summed E-state index contributed by atoms with van der Waals surface area (Å²) in [5.74, 6) is 1.16. The van der Waals surface area contributed by atoms with Crippen molar-refractivity contribution in [3.8, 4) is 5.75 Å². The van der Waals surface area contributed by atoms with Gasteiger partial charge in [-0.15, -0.1) is 0 Å². The highest BCUT2D eigenvalue weighted by molar-refractivity contribution is 5.69. The zero-order valence-corrected chi connectivity index (χ0v) is 11.2. The summed E-state index contributed by atoms with van der Waals surface area (Å²) in [5.41, 5.74) is 1.28. The second-order valence-electron chi connectivity index (χ2n) is 5.22. The lowest BCUT2D eigenvalue weighted by Gasteiger charge is -2.30. The van der Waals surface area contributed by atoms with Crippen LogP contribution in [0.15, 0.2) is 24.3 Å². The van der Waals surface area contributed by atoms with Crippen LogP contribution in [0.5, 0.6) is 5.75 Å². The van der Waals surface area contributed by atoms with Crippen LogP contribution in [0.3, 0.4) is 0 Å². The van der Waals surface area contributed by atoms with Crippen LogP contribution in [0.25, 0.3) is 0 Å². The van der Waals surface area contributed by atoms with Crippen molar-refractivity contribution < 1.29 is 9.53 Å². The molecule has 0 spiro atoms. The van der Waals surface area contributed by atoms with Crippen LogP contribution in [0.1, 0.15) is 32.3 Å². The van der Waals surface area contributed by atoms with E-state index in [1.54, 1.807) is 0 Å². The molecule has 1 atom stereocenters. The Labute approximate surface area is 109 Å². The minimum absolute atomic E-state index is 0.271. The van der Waals surface area contributed by atoms with E-state index in [0.29, 0.717) is 5.75 Å². The number of benzene rings is 1. The quantitative estimate of drug-likeness (QED) is 0.607. The second-order valence-corrected chi connectivity index (χ2v) is 5.22. The SMILES string of the molecule is CC(=O)Oc1ccc(CN2CCC[C@@H](C)C2)cc1. The van der Waals surface area contributed by atoms with Gasteiger partial charge in [-0.25, -0.2) is 0 Å². The molecule has 1 aliphatic heterocycles. The van der Waals surface area contributed by atoms with E-state index in [1.165, 1.54) is 38.4 Å². The molecule has 0 N–H and O–H groups in total. The van der Waals surface area contributed by atoms with E-state index < -0.39 is 0 Å². The molecule has 0 aromatic heterocycles. The first kappa shape index (κ1) is 13.1. The fourth-order valence-corrected chi connectivity index (χ4v) is 2.52. The van der Waals surface area contributed by atoms with E-state index in [-0.39, 0.29) is 5.97 Å². The predicted molar refractivity (Wildman–Crippen MR) is 71.4 cm³/mol. The van der Waals surface area contributed by atoms with Crippen molar-refractivity contribution in [3.63, 3.8) is 0 Å². The molecule has 1 saturated heterocycles. The molecule has 18 heavy (non-hydrogen) atoms. The predicted octanol–water partition coefficient (Wildman–Crippen LogP) is 2.84. The van der Waals surface area contributed by atoms with E-state index in [0.717, 1.165) is 12.5 Å². The summed E-state index contributed by atoms with van der Waals surface area (Å²) < 4.78 is 5.02. The van der Waals surface area contributed by atoms with Crippen molar-refractivity contribution in [1.82, 2.24) is 4.90 Å². The molecule has 0 saturated carbocycles. The van der Waals surface area contributed by atoms with Gasteiger partial charge in [-0.3, -0.25) is 9.69 Å². The first-order valence-corrected chi connectivity index (χ1v) is 6.63. The number of carbonyl (C=O) groups excluding carboxylic acids is 1. The summed E-state index contributed by atoms with van der Waals surface area (Å²) in [4.78, 5) is 13.3. The largest absolute Gasteiger partial charge is 0.427 e. The van der Waals surface area contributed by atoms with E-state index in [4.69, 9.17) is 4.74 Å². The zero-order chi connectivity index (χ0) is 13.0. The summed E-state index contributed by atoms with van der Waals surface area (Å²) in [5, 5.41) is 0. The number of hydrogen-bond donors (Lipinski definition) is 0. The molecule has 98 valence electrons. The minimum Gasteiger partial charge on any atom is -0.427 e. The Kier molecular flexibility index (Phi) is 4.37. The maximum Gasteiger partial charge on any atom is 0.308 e. The van der Waals surface area contributed by atoms with E-state index in [1.807, 2.05) is 24.3 Å². The molecule has 3 nitrogen and oxygen atoms in total. The van der Waals surface area contributed by atoms with Gasteiger partial charge in [-0.2, -0.15) is 0 Å². The second kappa shape index (κ2) is 6.01. The van der Waals surface area contributed by atoms with Gasteiger partial charge in [-0.1, -0.05) is 19.1 Å². The number of ether oxygens (including phenoxy) is 1. The number of hydrogen-bond acceptors (Lipinski definition) is 3. The molecule has 0 amide bonds. The van der Waals surface area contributed by atoms with Gasteiger partial charge in [0.1, 0.15) is 5.75 Å². The topological polar surface area (TPSA) is 29.5 Å². The van der Waals surface area contributed by atoms with Crippen LogP contribution in [-0.4, -0.2) is 24.0 Å². The maximum atomic E-state index is 10.8. The molecule has 0 unspecified atom stereocenters. The molecule has 3 heteroatoms. The lowest BCUT2D eigenvalue weighted by molar-refractivity contribution is -0.131. The van der Waals surface area contributed by atoms with Crippen molar-refractivity contribution in [2.75, 3.05) is 13.1 Å². The summed E-state index contributed by atoms with van der Waals surface area (Å²) in [7, 11) is 0. The molecular weight excluding hydrogens is 226 g/mol. The van der Waals surface area contributed by atoms with Gasteiger partial charge in [0.2, 0.25) is 0 Å². The Hall–Kier alpha value is -1.35. The number of rotatable bonds is 3. The number of nitrogens with zero attached hydrogens (tertiary/aromatic N) is 1. The number of esters is 1. The van der Waals surface area contributed by atoms with Crippen molar-refractivity contribution in [2.24, 2.45) is 5.92 Å². The third-order valence-electron chi connectivity index (χ3n) is 3.33. The third-order valence-corrected chi connectivity index (χ3v) is 3.33. The average molecular weight is 247 g/mol. The Morgan fingerprint density at radius 2 is 2.11 bits per heavy atom. The molecule has 1 aliphatic rings. The lowest BCUT2D eigenvalue weighted by atomic mass is 10.00. The molecule has 1 aromatic carbocycles. The molecule has 0 aliphatic carbocycles. The number of carbonyl (C=O) groups is 1. The smallest absolute Gasteiger partial charge is 0.308 e. The van der Waals surface area contributed by atoms with Crippen LogP contribution in [0.4, 0.5) is 0 Å². The van der Waals surface area contributed by atoms with E-state index in [2.05, 4.69) is 11.8 Å². The summed E-state index contributed by atoms with van der Waals surface area (Å²) in [6, 6.07) is 7.81. The van der Waals surface area contributed by atoms with Crippen LogP contribution < -0.4 is 4.74 Å². The number of likely N-dealkylation sites (tertiary alicyclic amines) is 1. The van der Waals surface area contributed by atoms with Crippen LogP contribution in [0.2, 0.25) is 0 Å². The standard InChI is InChI=1S/C15H21NO2/c1-12-4-3-9-16(10-12)11-14-5-7-15(8-6-14)18-13(2)17/h5-8,12H,3-4,9-11H2,1-2H3/t12-/m1/s1. The minimum atomic E-state index is -0.271. The molecule has 0 radical (unpaired) electrons. The maximum absolute atomic E-state index is 10.8. The molecule has 2 rings (SSSR count). The summed E-state index contributed by atoms with van der Waals surface area (Å²) in [6.45, 7) is 7.10. The lowest BCUT2D eigenvalue weighted by Crippen LogP contribution is -2.33. The van der Waals surface area contributed by atoms with Gasteiger partial charge in [0.25, 0.3) is 0 Å². The van der Waals surface area contributed by atoms with Gasteiger partial charge in [-0.05, 0) is 43.0 Å². The number of piperidine rings is 1. The van der Waals surface area contributed by atoms with E-state index >= 15 is 0 Å². The van der Waals surface area contributed by atoms with Gasteiger partial charge in [0.15, 0.2) is 0 Å². The van der Waals surface area contributed by atoms with Gasteiger partial charge < -0.3 is 4.74 Å². The third kappa shape index (κ3) is 3.84. The van der Waals surface area contributed by atoms with Crippen LogP contribution in [-0.2, 0) is 11.3 Å². The Balaban J connectivity index is 1.91. The Bertz CT molecular complexity index is 399. The molecule has 1 aromatic rings. The summed E-state index contributed by atoms with van der Waals surface area (Å²) >= 11 is 0. The first-order valence-electron chi connectivity index (χ1n) is 6.63. The van der Waals surface area contributed by atoms with Crippen molar-refractivity contribution in [3.05, 3.63) is 29.8 Å². The van der Waals surface area contributed by atoms with Crippen molar-refractivity contribution >= 4 is 5.97 Å². The Morgan fingerprint density at radius 1 is 1.39 bits per heavy atom. The van der Waals surface area contributed by atoms with Crippen LogP contribution >= 0.6 is 0 Å². The zero-order valence-electron chi connectivity index (χ0n) is 11.2. The van der Waals surface area contributed by atoms with Gasteiger partial charge in [0.05, 0.1) is 0 Å². The fourth-order valence-electron chi connectivity index (χ4n) is 2.52. The Morgan fingerprint density at radius 3 is 2.72 bits per heavy atom. The van der Waals surface area contributed by atoms with Gasteiger partial charge in [0, 0.05) is 20.0 Å². The van der Waals surface area contributed by atoms with Crippen molar-refractivity contribution in [1.29, 1.82) is 0 Å². The molecule has 1 heterocycles.